The Labute approximate surface area is 178 Å². The third-order valence-corrected chi connectivity index (χ3v) is 4.04. The number of halogens is 2. The number of hydrogen-bond donors (Lipinski definition) is 2. The van der Waals surface area contributed by atoms with Gasteiger partial charge in [-0.25, -0.2) is 9.97 Å². The van der Waals surface area contributed by atoms with Crippen LogP contribution in [0.2, 0.25) is 0 Å². The fraction of sp³-hybridized carbons (Fsp3) is 0. The molecule has 3 aromatic heterocycles. The molecule has 0 atom stereocenters. The van der Waals surface area contributed by atoms with Crippen molar-refractivity contribution in [3.05, 3.63) is 71.3 Å². The Morgan fingerprint density at radius 2 is 0.741 bits per heavy atom. The average Bonchev–Trinajstić information content (AvgIpc) is 3.32. The minimum absolute atomic E-state index is 0. The second-order valence-electron chi connectivity index (χ2n) is 5.91. The quantitative estimate of drug-likeness (QED) is 0.314. The fourth-order valence-corrected chi connectivity index (χ4v) is 2.94. The molecule has 2 aliphatic heterocycles. The molecule has 0 saturated carbocycles. The third kappa shape index (κ3) is 4.51. The van der Waals surface area contributed by atoms with Crippen molar-refractivity contribution in [2.45, 2.75) is 0 Å². The summed E-state index contributed by atoms with van der Waals surface area (Å²) in [5, 5.41) is 0. The zero-order chi connectivity index (χ0) is 15.9. The van der Waals surface area contributed by atoms with Crippen LogP contribution in [0, 0.1) is 0 Å². The van der Waals surface area contributed by atoms with Crippen molar-refractivity contribution >= 4 is 46.4 Å². The summed E-state index contributed by atoms with van der Waals surface area (Å²) in [6.45, 7) is 0. The maximum Gasteiger partial charge on any atom is 2.00 e. The number of nitrogens with one attached hydrogen (secondary N) is 2. The third-order valence-electron chi connectivity index (χ3n) is 4.04. The minimum atomic E-state index is 0. The van der Waals surface area contributed by atoms with Crippen molar-refractivity contribution in [1.82, 2.24) is 19.9 Å². The van der Waals surface area contributed by atoms with Crippen molar-refractivity contribution in [3.63, 3.8) is 0 Å². The predicted octanol–water partition coefficient (Wildman–Crippen LogP) is -1.34. The number of hydrogen-bond acceptors (Lipinski definition) is 2. The van der Waals surface area contributed by atoms with E-state index in [0.717, 1.165) is 44.8 Å². The van der Waals surface area contributed by atoms with Gasteiger partial charge in [-0.1, -0.05) is 0 Å². The number of fused-ring (bicyclic) bond motifs is 8. The van der Waals surface area contributed by atoms with E-state index < -0.39 is 0 Å². The predicted molar refractivity (Wildman–Crippen MR) is 98.9 cm³/mol. The molecule has 2 aliphatic rings. The zero-order valence-corrected chi connectivity index (χ0v) is 16.5. The summed E-state index contributed by atoms with van der Waals surface area (Å²) in [5.74, 6) is 0. The van der Waals surface area contributed by atoms with Crippen LogP contribution < -0.4 is 24.8 Å². The molecular formula is C20H14Cl2CoN4. The van der Waals surface area contributed by atoms with Gasteiger partial charge in [-0.2, -0.15) is 0 Å². The van der Waals surface area contributed by atoms with Crippen LogP contribution in [0.25, 0.3) is 46.4 Å². The SMILES string of the molecule is C1=Cc2cc3ccc(cc4nc(cc5ccc(cc1n2)[nH]5)C=C4)[nH]3.[Cl-].[Cl-].[Co+2]. The Morgan fingerprint density at radius 3 is 1.00 bits per heavy atom. The maximum absolute atomic E-state index is 4.63. The number of aromatic amines is 2. The van der Waals surface area contributed by atoms with E-state index in [4.69, 9.17) is 0 Å². The van der Waals surface area contributed by atoms with Gasteiger partial charge in [0.1, 0.15) is 0 Å². The van der Waals surface area contributed by atoms with E-state index in [1.54, 1.807) is 0 Å². The molecule has 2 N–H and O–H groups in total. The molecule has 4 nitrogen and oxygen atoms in total. The minimum Gasteiger partial charge on any atom is -1.00 e. The van der Waals surface area contributed by atoms with E-state index in [1.807, 2.05) is 48.6 Å². The summed E-state index contributed by atoms with van der Waals surface area (Å²) < 4.78 is 0. The Balaban J connectivity index is 0.000000871. The molecule has 8 bridgehead atoms. The number of rotatable bonds is 0. The molecule has 0 fully saturated rings. The van der Waals surface area contributed by atoms with Crippen LogP contribution in [-0.4, -0.2) is 19.9 Å². The summed E-state index contributed by atoms with van der Waals surface area (Å²) in [6.07, 6.45) is 8.09. The Bertz CT molecular complexity index is 1000. The van der Waals surface area contributed by atoms with Crippen LogP contribution in [0.15, 0.2) is 48.5 Å². The smallest absolute Gasteiger partial charge is 1.00 e. The summed E-state index contributed by atoms with van der Waals surface area (Å²) in [7, 11) is 0. The molecule has 5 rings (SSSR count). The first-order valence-corrected chi connectivity index (χ1v) is 7.85. The van der Waals surface area contributed by atoms with Gasteiger partial charge in [0.05, 0.1) is 22.8 Å². The van der Waals surface area contributed by atoms with Gasteiger partial charge >= 0.3 is 16.8 Å². The van der Waals surface area contributed by atoms with E-state index >= 15 is 0 Å². The zero-order valence-electron chi connectivity index (χ0n) is 13.9. The standard InChI is InChI=1S/C20H14N4.2ClH.Co/c1-2-14-10-16-5-6-18(23-16)12-20-8-7-19(24-20)11-17-4-3-15(22-17)9-13(1)21-14;;;/h1-12,21,24H;2*1H;/q;;;+2/p-2. The molecule has 0 unspecified atom stereocenters. The van der Waals surface area contributed by atoms with Crippen LogP contribution >= 0.6 is 0 Å². The van der Waals surface area contributed by atoms with Gasteiger partial charge in [0, 0.05) is 22.1 Å². The van der Waals surface area contributed by atoms with E-state index in [0.29, 0.717) is 0 Å². The van der Waals surface area contributed by atoms with Crippen molar-refractivity contribution in [2.24, 2.45) is 0 Å². The molecule has 0 amide bonds. The van der Waals surface area contributed by atoms with Gasteiger partial charge in [-0.3, -0.25) is 0 Å². The Kier molecular flexibility index (Phi) is 6.67. The van der Waals surface area contributed by atoms with Crippen molar-refractivity contribution < 1.29 is 41.6 Å². The van der Waals surface area contributed by atoms with E-state index in [1.165, 1.54) is 0 Å². The van der Waals surface area contributed by atoms with Gasteiger partial charge in [0.2, 0.25) is 0 Å². The molecular weight excluding hydrogens is 426 g/mol. The molecule has 3 aromatic rings. The monoisotopic (exact) mass is 439 g/mol. The van der Waals surface area contributed by atoms with Crippen LogP contribution in [0.1, 0.15) is 22.8 Å². The van der Waals surface area contributed by atoms with Gasteiger partial charge in [-0.15, -0.1) is 0 Å². The Morgan fingerprint density at radius 1 is 0.481 bits per heavy atom. The van der Waals surface area contributed by atoms with Crippen LogP contribution in [0.4, 0.5) is 0 Å². The molecule has 0 aromatic carbocycles. The number of nitrogens with zero attached hydrogens (tertiary/aromatic N) is 2. The van der Waals surface area contributed by atoms with Crippen molar-refractivity contribution in [2.75, 3.05) is 0 Å². The summed E-state index contributed by atoms with van der Waals surface area (Å²) in [6, 6.07) is 16.4. The second kappa shape index (κ2) is 8.58. The first kappa shape index (κ1) is 21.0. The van der Waals surface area contributed by atoms with Gasteiger partial charge in [0.15, 0.2) is 0 Å². The molecule has 0 saturated heterocycles. The first-order valence-electron chi connectivity index (χ1n) is 7.85. The normalized spacial score (nSPS) is 11.3. The van der Waals surface area contributed by atoms with E-state index in [9.17, 15) is 0 Å². The molecule has 5 heterocycles. The summed E-state index contributed by atoms with van der Waals surface area (Å²) >= 11 is 0. The fourth-order valence-electron chi connectivity index (χ4n) is 2.94. The van der Waals surface area contributed by atoms with Crippen molar-refractivity contribution in [1.29, 1.82) is 0 Å². The molecule has 137 valence electrons. The summed E-state index contributed by atoms with van der Waals surface area (Å²) in [4.78, 5) is 16.0. The molecule has 1 radical (unpaired) electrons. The largest absolute Gasteiger partial charge is 2.00 e. The van der Waals surface area contributed by atoms with Gasteiger partial charge in [-0.05, 0) is 72.8 Å². The maximum atomic E-state index is 4.63. The van der Waals surface area contributed by atoms with Crippen LogP contribution in [-0.2, 0) is 16.8 Å². The molecule has 0 aliphatic carbocycles. The number of aromatic nitrogens is 4. The molecule has 0 spiro atoms. The van der Waals surface area contributed by atoms with E-state index in [-0.39, 0.29) is 41.6 Å². The van der Waals surface area contributed by atoms with Crippen LogP contribution in [0.3, 0.4) is 0 Å². The molecule has 7 heteroatoms. The average molecular weight is 440 g/mol. The second-order valence-corrected chi connectivity index (χ2v) is 5.91. The van der Waals surface area contributed by atoms with E-state index in [2.05, 4.69) is 44.2 Å². The topological polar surface area (TPSA) is 57.4 Å². The summed E-state index contributed by atoms with van der Waals surface area (Å²) in [5.41, 5.74) is 7.86. The van der Waals surface area contributed by atoms with Gasteiger partial charge < -0.3 is 34.8 Å². The first-order chi connectivity index (χ1) is 11.8. The van der Waals surface area contributed by atoms with Crippen LogP contribution in [0.5, 0.6) is 0 Å². The number of H-pyrrole nitrogens is 2. The Hall–Kier alpha value is -2.31. The molecule has 27 heavy (non-hydrogen) atoms. The van der Waals surface area contributed by atoms with Gasteiger partial charge in [0.25, 0.3) is 0 Å². The van der Waals surface area contributed by atoms with Crippen molar-refractivity contribution in [3.8, 4) is 0 Å².